The van der Waals surface area contributed by atoms with Crippen LogP contribution >= 0.6 is 11.8 Å². The van der Waals surface area contributed by atoms with Gasteiger partial charge in [-0.1, -0.05) is 6.07 Å². The van der Waals surface area contributed by atoms with E-state index in [9.17, 15) is 14.0 Å². The highest BCUT2D eigenvalue weighted by atomic mass is 32.2. The van der Waals surface area contributed by atoms with E-state index in [0.29, 0.717) is 4.90 Å². The normalized spacial score (nSPS) is 10.1. The van der Waals surface area contributed by atoms with Gasteiger partial charge in [-0.05, 0) is 29.5 Å². The minimum Gasteiger partial charge on any atom is -0.481 e. The van der Waals surface area contributed by atoms with E-state index in [1.165, 1.54) is 23.1 Å². The third-order valence-corrected chi connectivity index (χ3v) is 2.97. The van der Waals surface area contributed by atoms with Gasteiger partial charge >= 0.3 is 5.97 Å². The van der Waals surface area contributed by atoms with Gasteiger partial charge in [-0.15, -0.1) is 0 Å². The Labute approximate surface area is 102 Å². The van der Waals surface area contributed by atoms with Crippen LogP contribution in [0.25, 0.3) is 0 Å². The van der Waals surface area contributed by atoms with Gasteiger partial charge in [0.05, 0.1) is 6.42 Å². The maximum Gasteiger partial charge on any atom is 0.307 e. The van der Waals surface area contributed by atoms with Gasteiger partial charge in [0.15, 0.2) is 0 Å². The zero-order valence-electron chi connectivity index (χ0n) is 9.44. The minimum absolute atomic E-state index is 0.110. The van der Waals surface area contributed by atoms with Gasteiger partial charge in [-0.2, -0.15) is 0 Å². The van der Waals surface area contributed by atoms with Crippen LogP contribution in [0.2, 0.25) is 0 Å². The molecule has 0 radical (unpaired) electrons. The summed E-state index contributed by atoms with van der Waals surface area (Å²) >= 11 is 0.893. The molecule has 1 N–H and O–H groups in total. The predicted molar refractivity (Wildman–Crippen MR) is 62.7 cm³/mol. The van der Waals surface area contributed by atoms with Crippen LogP contribution in [0.3, 0.4) is 0 Å². The molecule has 0 bridgehead atoms. The van der Waals surface area contributed by atoms with Gasteiger partial charge < -0.3 is 10.0 Å². The molecule has 0 unspecified atom stereocenters. The van der Waals surface area contributed by atoms with Crippen molar-refractivity contribution in [3.05, 3.63) is 29.6 Å². The van der Waals surface area contributed by atoms with Gasteiger partial charge in [0.2, 0.25) is 0 Å². The second-order valence-corrected chi connectivity index (χ2v) is 4.61. The van der Waals surface area contributed by atoms with Crippen molar-refractivity contribution in [1.82, 2.24) is 4.90 Å². The second kappa shape index (κ2) is 5.67. The highest BCUT2D eigenvalue weighted by molar-refractivity contribution is 8.13. The fourth-order valence-electron chi connectivity index (χ4n) is 1.09. The van der Waals surface area contributed by atoms with Crippen molar-refractivity contribution in [2.45, 2.75) is 11.3 Å². The maximum atomic E-state index is 13.5. The smallest absolute Gasteiger partial charge is 0.307 e. The van der Waals surface area contributed by atoms with Crippen LogP contribution in [-0.2, 0) is 11.2 Å². The van der Waals surface area contributed by atoms with E-state index in [2.05, 4.69) is 0 Å². The summed E-state index contributed by atoms with van der Waals surface area (Å²) in [6, 6.07) is 4.09. The zero-order valence-corrected chi connectivity index (χ0v) is 10.3. The largest absolute Gasteiger partial charge is 0.481 e. The predicted octanol–water partition coefficient (Wildman–Crippen LogP) is 2.23. The number of benzene rings is 1. The SMILES string of the molecule is CN(C)C(=O)Sc1ccc(CC(=O)O)c(F)c1. The van der Waals surface area contributed by atoms with Crippen LogP contribution in [-0.4, -0.2) is 35.3 Å². The van der Waals surface area contributed by atoms with Crippen LogP contribution in [0.15, 0.2) is 23.1 Å². The zero-order chi connectivity index (χ0) is 13.0. The van der Waals surface area contributed by atoms with Crippen LogP contribution < -0.4 is 0 Å². The lowest BCUT2D eigenvalue weighted by Gasteiger charge is -2.09. The van der Waals surface area contributed by atoms with Crippen molar-refractivity contribution in [3.8, 4) is 0 Å². The quantitative estimate of drug-likeness (QED) is 0.844. The molecule has 6 heteroatoms. The molecule has 92 valence electrons. The standard InChI is InChI=1S/C11H12FNO3S/c1-13(2)11(16)17-8-4-3-7(5-10(14)15)9(12)6-8/h3-4,6H,5H2,1-2H3,(H,14,15). The molecule has 4 nitrogen and oxygen atoms in total. The number of nitrogens with zero attached hydrogens (tertiary/aromatic N) is 1. The van der Waals surface area contributed by atoms with Gasteiger partial charge in [0.25, 0.3) is 5.24 Å². The summed E-state index contributed by atoms with van der Waals surface area (Å²) in [6.45, 7) is 0. The molecule has 17 heavy (non-hydrogen) atoms. The second-order valence-electron chi connectivity index (χ2n) is 3.59. The molecule has 0 aliphatic carbocycles. The fraction of sp³-hybridized carbons (Fsp3) is 0.273. The Morgan fingerprint density at radius 3 is 2.53 bits per heavy atom. The highest BCUT2D eigenvalue weighted by Crippen LogP contribution is 2.23. The topological polar surface area (TPSA) is 57.6 Å². The number of hydrogen-bond donors (Lipinski definition) is 1. The number of thioether (sulfide) groups is 1. The number of carbonyl (C=O) groups is 2. The minimum atomic E-state index is -1.09. The molecular formula is C11H12FNO3S. The first-order valence-corrected chi connectivity index (χ1v) is 5.61. The number of carbonyl (C=O) groups excluding carboxylic acids is 1. The number of carboxylic acid groups (broad SMARTS) is 1. The van der Waals surface area contributed by atoms with Crippen LogP contribution in [0.1, 0.15) is 5.56 Å². The lowest BCUT2D eigenvalue weighted by Crippen LogP contribution is -2.16. The Hall–Kier alpha value is -1.56. The Balaban J connectivity index is 2.82. The maximum absolute atomic E-state index is 13.5. The number of amides is 1. The first kappa shape index (κ1) is 13.5. The summed E-state index contributed by atoms with van der Waals surface area (Å²) in [5.74, 6) is -1.70. The summed E-state index contributed by atoms with van der Waals surface area (Å²) in [5.41, 5.74) is 0.110. The fourth-order valence-corrected chi connectivity index (χ4v) is 1.77. The average molecular weight is 257 g/mol. The number of rotatable bonds is 3. The Kier molecular flexibility index (Phi) is 4.51. The van der Waals surface area contributed by atoms with Gasteiger partial charge in [-0.25, -0.2) is 4.39 Å². The Morgan fingerprint density at radius 1 is 1.41 bits per heavy atom. The van der Waals surface area contributed by atoms with Crippen LogP contribution in [0.4, 0.5) is 9.18 Å². The van der Waals surface area contributed by atoms with Crippen LogP contribution in [0, 0.1) is 5.82 Å². The van der Waals surface area contributed by atoms with Crippen molar-refractivity contribution >= 4 is 23.0 Å². The first-order chi connectivity index (χ1) is 7.90. The third kappa shape index (κ3) is 4.07. The van der Waals surface area contributed by atoms with E-state index in [1.54, 1.807) is 14.1 Å². The molecule has 1 aromatic rings. The lowest BCUT2D eigenvalue weighted by molar-refractivity contribution is -0.136. The van der Waals surface area contributed by atoms with Gasteiger partial charge in [0, 0.05) is 19.0 Å². The highest BCUT2D eigenvalue weighted by Gasteiger charge is 2.11. The molecule has 1 aromatic carbocycles. The summed E-state index contributed by atoms with van der Waals surface area (Å²) in [4.78, 5) is 23.6. The molecule has 0 aliphatic heterocycles. The first-order valence-electron chi connectivity index (χ1n) is 4.79. The third-order valence-electron chi connectivity index (χ3n) is 1.94. The number of halogens is 1. The van der Waals surface area contributed by atoms with E-state index in [1.807, 2.05) is 0 Å². The molecule has 0 atom stereocenters. The molecule has 0 saturated carbocycles. The lowest BCUT2D eigenvalue weighted by atomic mass is 10.1. The van der Waals surface area contributed by atoms with Gasteiger partial charge in [-0.3, -0.25) is 9.59 Å². The number of hydrogen-bond acceptors (Lipinski definition) is 3. The van der Waals surface area contributed by atoms with E-state index in [4.69, 9.17) is 5.11 Å². The molecule has 0 aliphatic rings. The summed E-state index contributed by atoms with van der Waals surface area (Å²) in [6.07, 6.45) is -0.363. The Morgan fingerprint density at radius 2 is 2.06 bits per heavy atom. The van der Waals surface area contributed by atoms with Crippen molar-refractivity contribution in [2.75, 3.05) is 14.1 Å². The molecular weight excluding hydrogens is 245 g/mol. The van der Waals surface area contributed by atoms with E-state index >= 15 is 0 Å². The molecule has 0 saturated heterocycles. The average Bonchev–Trinajstić information content (AvgIpc) is 2.21. The molecule has 0 aromatic heterocycles. The molecule has 0 spiro atoms. The van der Waals surface area contributed by atoms with Crippen molar-refractivity contribution in [3.63, 3.8) is 0 Å². The summed E-state index contributed by atoms with van der Waals surface area (Å²) < 4.78 is 13.5. The van der Waals surface area contributed by atoms with E-state index in [0.717, 1.165) is 11.8 Å². The van der Waals surface area contributed by atoms with Crippen LogP contribution in [0.5, 0.6) is 0 Å². The number of aliphatic carboxylic acids is 1. The summed E-state index contributed by atoms with van der Waals surface area (Å²) in [5, 5.41) is 8.33. The van der Waals surface area contributed by atoms with E-state index in [-0.39, 0.29) is 17.2 Å². The molecule has 1 amide bonds. The number of carboxylic acids is 1. The molecule has 0 fully saturated rings. The van der Waals surface area contributed by atoms with Crippen molar-refractivity contribution in [1.29, 1.82) is 0 Å². The van der Waals surface area contributed by atoms with E-state index < -0.39 is 11.8 Å². The summed E-state index contributed by atoms with van der Waals surface area (Å²) in [7, 11) is 3.20. The Bertz CT molecular complexity index is 448. The molecule has 1 rings (SSSR count). The monoisotopic (exact) mass is 257 g/mol. The van der Waals surface area contributed by atoms with Crippen molar-refractivity contribution in [2.24, 2.45) is 0 Å². The molecule has 0 heterocycles. The van der Waals surface area contributed by atoms with Gasteiger partial charge in [0.1, 0.15) is 5.82 Å². The van der Waals surface area contributed by atoms with Crippen molar-refractivity contribution < 1.29 is 19.1 Å².